The van der Waals surface area contributed by atoms with Crippen LogP contribution in [0.25, 0.3) is 16.4 Å². The molecule has 120 valence electrons. The van der Waals surface area contributed by atoms with Crippen LogP contribution in [0.2, 0.25) is 5.02 Å². The minimum Gasteiger partial charge on any atom is -0.494 e. The van der Waals surface area contributed by atoms with Gasteiger partial charge < -0.3 is 4.74 Å². The lowest BCUT2D eigenvalue weighted by Crippen LogP contribution is -2.16. The van der Waals surface area contributed by atoms with Gasteiger partial charge >= 0.3 is 5.69 Å². The van der Waals surface area contributed by atoms with E-state index in [2.05, 4.69) is 57.9 Å². The van der Waals surface area contributed by atoms with Gasteiger partial charge in [-0.2, -0.15) is 4.68 Å². The van der Waals surface area contributed by atoms with Gasteiger partial charge in [-0.25, -0.2) is 4.79 Å². The lowest BCUT2D eigenvalue weighted by Gasteiger charge is -2.07. The molecule has 3 rings (SSSR count). The number of aromatic amines is 1. The number of H-pyrrole nitrogens is 1. The van der Waals surface area contributed by atoms with Crippen molar-refractivity contribution in [2.24, 2.45) is 0 Å². The summed E-state index contributed by atoms with van der Waals surface area (Å²) in [6.45, 7) is 0. The van der Waals surface area contributed by atoms with Gasteiger partial charge in [-0.1, -0.05) is 11.6 Å². The SMILES string of the molecule is COc1ccc(Cl)cc1-n1nc(-c2sc(Br)c(Br)c2Br)[nH]c1=O. The summed E-state index contributed by atoms with van der Waals surface area (Å²) >= 11 is 17.8. The van der Waals surface area contributed by atoms with E-state index < -0.39 is 0 Å². The lowest BCUT2D eigenvalue weighted by molar-refractivity contribution is 0.411. The van der Waals surface area contributed by atoms with Crippen molar-refractivity contribution in [3.63, 3.8) is 0 Å². The summed E-state index contributed by atoms with van der Waals surface area (Å²) in [6, 6.07) is 5.00. The monoisotopic (exact) mass is 541 g/mol. The van der Waals surface area contributed by atoms with E-state index in [-0.39, 0.29) is 5.69 Å². The first-order chi connectivity index (χ1) is 10.9. The second-order valence-corrected chi connectivity index (χ2v) is 8.70. The van der Waals surface area contributed by atoms with Crippen molar-refractivity contribution in [1.29, 1.82) is 0 Å². The Labute approximate surface area is 165 Å². The third-order valence-electron chi connectivity index (χ3n) is 2.96. The molecule has 3 aromatic rings. The number of nitrogens with zero attached hydrogens (tertiary/aromatic N) is 2. The van der Waals surface area contributed by atoms with Crippen LogP contribution in [-0.2, 0) is 0 Å². The summed E-state index contributed by atoms with van der Waals surface area (Å²) < 4.78 is 9.09. The van der Waals surface area contributed by atoms with Crippen molar-refractivity contribution < 1.29 is 4.74 Å². The maximum absolute atomic E-state index is 12.3. The quantitative estimate of drug-likeness (QED) is 0.491. The van der Waals surface area contributed by atoms with Gasteiger partial charge in [0.1, 0.15) is 11.4 Å². The molecule has 0 aliphatic carbocycles. The van der Waals surface area contributed by atoms with E-state index in [1.165, 1.54) is 23.1 Å². The maximum atomic E-state index is 12.3. The third-order valence-corrected chi connectivity index (χ3v) is 8.24. The van der Waals surface area contributed by atoms with Gasteiger partial charge in [0, 0.05) is 5.02 Å². The normalized spacial score (nSPS) is 11.0. The Kier molecular flexibility index (Phi) is 5.03. The van der Waals surface area contributed by atoms with E-state index in [0.29, 0.717) is 22.3 Å². The lowest BCUT2D eigenvalue weighted by atomic mass is 10.3. The van der Waals surface area contributed by atoms with E-state index in [9.17, 15) is 4.79 Å². The molecule has 0 atom stereocenters. The molecule has 2 heterocycles. The molecular formula is C13H7Br3ClN3O2S. The first-order valence-electron chi connectivity index (χ1n) is 6.09. The predicted molar refractivity (Wildman–Crippen MR) is 102 cm³/mol. The number of ether oxygens (including phenoxy) is 1. The second-order valence-electron chi connectivity index (χ2n) is 4.34. The van der Waals surface area contributed by atoms with E-state index in [1.807, 2.05) is 0 Å². The Bertz CT molecular complexity index is 951. The highest BCUT2D eigenvalue weighted by Crippen LogP contribution is 2.45. The Morgan fingerprint density at radius 2 is 2.04 bits per heavy atom. The van der Waals surface area contributed by atoms with Gasteiger partial charge in [0.15, 0.2) is 5.82 Å². The molecule has 0 aliphatic rings. The van der Waals surface area contributed by atoms with Gasteiger partial charge in [0.25, 0.3) is 0 Å². The number of aromatic nitrogens is 3. The Balaban J connectivity index is 2.18. The minimum absolute atomic E-state index is 0.381. The molecule has 0 saturated carbocycles. The van der Waals surface area contributed by atoms with Gasteiger partial charge in [0.05, 0.1) is 24.7 Å². The van der Waals surface area contributed by atoms with Gasteiger partial charge in [0.2, 0.25) is 0 Å². The highest BCUT2D eigenvalue weighted by molar-refractivity contribution is 9.14. The molecule has 0 bridgehead atoms. The fourth-order valence-corrected chi connectivity index (χ4v) is 5.14. The van der Waals surface area contributed by atoms with E-state index in [4.69, 9.17) is 16.3 Å². The molecule has 1 aromatic carbocycles. The summed E-state index contributed by atoms with van der Waals surface area (Å²) in [7, 11) is 1.52. The highest BCUT2D eigenvalue weighted by atomic mass is 79.9. The molecule has 0 fully saturated rings. The summed E-state index contributed by atoms with van der Waals surface area (Å²) in [5.74, 6) is 0.947. The molecule has 0 amide bonds. The number of methoxy groups -OCH3 is 1. The summed E-state index contributed by atoms with van der Waals surface area (Å²) in [5.41, 5.74) is 0.0893. The number of hydrogen-bond acceptors (Lipinski definition) is 4. The van der Waals surface area contributed by atoms with E-state index in [0.717, 1.165) is 17.6 Å². The first kappa shape index (κ1) is 17.2. The Morgan fingerprint density at radius 1 is 1.30 bits per heavy atom. The molecule has 0 spiro atoms. The van der Waals surface area contributed by atoms with Crippen molar-refractivity contribution >= 4 is 70.7 Å². The average molecular weight is 544 g/mol. The maximum Gasteiger partial charge on any atom is 0.348 e. The smallest absolute Gasteiger partial charge is 0.348 e. The zero-order chi connectivity index (χ0) is 16.7. The number of benzene rings is 1. The Hall–Kier alpha value is -0.610. The van der Waals surface area contributed by atoms with Crippen LogP contribution in [0.4, 0.5) is 0 Å². The minimum atomic E-state index is -0.381. The number of hydrogen-bond donors (Lipinski definition) is 1. The topological polar surface area (TPSA) is 59.9 Å². The molecule has 1 N–H and O–H groups in total. The number of halogens is 4. The standard InChI is InChI=1S/C13H7Br3ClN3O2S/c1-22-7-3-2-5(17)4-6(7)20-13(21)18-12(19-20)10-8(14)9(15)11(16)23-10/h2-4H,1H3,(H,18,19,21). The fourth-order valence-electron chi connectivity index (χ4n) is 1.94. The van der Waals surface area contributed by atoms with Crippen molar-refractivity contribution in [1.82, 2.24) is 14.8 Å². The summed E-state index contributed by atoms with van der Waals surface area (Å²) in [4.78, 5) is 15.8. The van der Waals surface area contributed by atoms with Crippen molar-refractivity contribution in [2.45, 2.75) is 0 Å². The van der Waals surface area contributed by atoms with Crippen LogP contribution in [0, 0.1) is 0 Å². The summed E-state index contributed by atoms with van der Waals surface area (Å²) in [6.07, 6.45) is 0. The molecule has 10 heteroatoms. The molecule has 0 unspecified atom stereocenters. The number of rotatable bonds is 3. The molecule has 5 nitrogen and oxygen atoms in total. The van der Waals surface area contributed by atoms with Crippen molar-refractivity contribution in [3.8, 4) is 22.1 Å². The third kappa shape index (κ3) is 3.17. The van der Waals surface area contributed by atoms with Crippen LogP contribution in [0.5, 0.6) is 5.75 Å². The molecule has 0 saturated heterocycles. The van der Waals surface area contributed by atoms with Crippen molar-refractivity contribution in [3.05, 3.63) is 46.4 Å². The van der Waals surface area contributed by atoms with Crippen LogP contribution in [0.1, 0.15) is 0 Å². The van der Waals surface area contributed by atoms with E-state index in [1.54, 1.807) is 18.2 Å². The Morgan fingerprint density at radius 3 is 2.65 bits per heavy atom. The molecule has 23 heavy (non-hydrogen) atoms. The first-order valence-corrected chi connectivity index (χ1v) is 9.66. The van der Waals surface area contributed by atoms with Crippen LogP contribution < -0.4 is 10.4 Å². The molecule has 2 aromatic heterocycles. The number of thiophene rings is 1. The molecule has 0 aliphatic heterocycles. The predicted octanol–water partition coefficient (Wildman–Crippen LogP) is 5.24. The van der Waals surface area contributed by atoms with Crippen molar-refractivity contribution in [2.75, 3.05) is 7.11 Å². The molecule has 0 radical (unpaired) electrons. The van der Waals surface area contributed by atoms with Crippen LogP contribution in [-0.4, -0.2) is 21.9 Å². The average Bonchev–Trinajstić information content (AvgIpc) is 3.02. The van der Waals surface area contributed by atoms with Gasteiger partial charge in [-0.05, 0) is 66.0 Å². The summed E-state index contributed by atoms with van der Waals surface area (Å²) in [5, 5.41) is 4.85. The largest absolute Gasteiger partial charge is 0.494 e. The number of nitrogens with one attached hydrogen (secondary N) is 1. The van der Waals surface area contributed by atoms with Gasteiger partial charge in [-0.15, -0.1) is 16.4 Å². The zero-order valence-corrected chi connectivity index (χ0v) is 17.7. The fraction of sp³-hybridized carbons (Fsp3) is 0.0769. The van der Waals surface area contributed by atoms with Gasteiger partial charge in [-0.3, -0.25) is 4.98 Å². The van der Waals surface area contributed by atoms with Crippen LogP contribution in [0.3, 0.4) is 0 Å². The van der Waals surface area contributed by atoms with Crippen LogP contribution >= 0.6 is 70.7 Å². The second kappa shape index (κ2) is 6.72. The zero-order valence-electron chi connectivity index (χ0n) is 11.4. The van der Waals surface area contributed by atoms with Crippen LogP contribution in [0.15, 0.2) is 35.7 Å². The highest BCUT2D eigenvalue weighted by Gasteiger charge is 2.19. The molecular weight excluding hydrogens is 537 g/mol. The van der Waals surface area contributed by atoms with E-state index >= 15 is 0 Å².